The third-order valence-electron chi connectivity index (χ3n) is 2.43. The Bertz CT molecular complexity index is 581. The number of carbonyl (C=O) groups is 2. The maximum Gasteiger partial charge on any atom is 0.416 e. The molecular weight excluding hydrogens is 291 g/mol. The van der Waals surface area contributed by atoms with E-state index in [1.165, 1.54) is 0 Å². The summed E-state index contributed by atoms with van der Waals surface area (Å²) in [4.78, 5) is 34.1. The Morgan fingerprint density at radius 1 is 1.33 bits per heavy atom. The lowest BCUT2D eigenvalue weighted by Crippen LogP contribution is -2.42. The van der Waals surface area contributed by atoms with E-state index in [1.54, 1.807) is 0 Å². The zero-order valence-corrected chi connectivity index (χ0v) is 11.2. The summed E-state index contributed by atoms with van der Waals surface area (Å²) in [7, 11) is 0. The smallest absolute Gasteiger partial charge is 0.338 e. The van der Waals surface area contributed by atoms with Gasteiger partial charge in [-0.25, -0.2) is 4.79 Å². The molecule has 0 aromatic carbocycles. The summed E-state index contributed by atoms with van der Waals surface area (Å²) in [6.07, 6.45) is -3.09. The highest BCUT2D eigenvalue weighted by Gasteiger charge is 2.31. The van der Waals surface area contributed by atoms with Gasteiger partial charge in [-0.2, -0.15) is 13.2 Å². The largest absolute Gasteiger partial charge is 0.416 e. The van der Waals surface area contributed by atoms with Gasteiger partial charge in [0.2, 0.25) is 5.91 Å². The van der Waals surface area contributed by atoms with Crippen LogP contribution in [0.3, 0.4) is 0 Å². The monoisotopic (exact) mass is 305 g/mol. The van der Waals surface area contributed by atoms with Crippen molar-refractivity contribution in [3.05, 3.63) is 34.2 Å². The van der Waals surface area contributed by atoms with Crippen LogP contribution in [-0.4, -0.2) is 23.1 Å². The number of nitrogens with zero attached hydrogens (tertiary/aromatic N) is 1. The molecule has 21 heavy (non-hydrogen) atoms. The summed E-state index contributed by atoms with van der Waals surface area (Å²) in [5, 5.41) is 4.35. The van der Waals surface area contributed by atoms with Gasteiger partial charge in [0.05, 0.1) is 5.56 Å². The van der Waals surface area contributed by atoms with Gasteiger partial charge in [-0.1, -0.05) is 6.92 Å². The van der Waals surface area contributed by atoms with E-state index in [2.05, 4.69) is 5.32 Å². The normalized spacial score (nSPS) is 11.0. The Morgan fingerprint density at radius 3 is 2.52 bits per heavy atom. The maximum absolute atomic E-state index is 12.4. The third-order valence-corrected chi connectivity index (χ3v) is 2.43. The first-order valence-electron chi connectivity index (χ1n) is 6.09. The van der Waals surface area contributed by atoms with E-state index in [4.69, 9.17) is 0 Å². The van der Waals surface area contributed by atoms with Crippen molar-refractivity contribution in [1.29, 1.82) is 0 Å². The van der Waals surface area contributed by atoms with Crippen LogP contribution in [-0.2, 0) is 17.5 Å². The molecule has 1 heterocycles. The van der Waals surface area contributed by atoms with E-state index >= 15 is 0 Å². The van der Waals surface area contributed by atoms with E-state index in [0.29, 0.717) is 25.1 Å². The number of carbonyl (C=O) groups excluding carboxylic acids is 2. The Kier molecular flexibility index (Phi) is 5.51. The first-order chi connectivity index (χ1) is 9.74. The van der Waals surface area contributed by atoms with E-state index in [9.17, 15) is 27.6 Å². The lowest BCUT2D eigenvalue weighted by molar-refractivity contribution is -0.137. The molecule has 6 nitrogen and oxygen atoms in total. The third kappa shape index (κ3) is 5.28. The van der Waals surface area contributed by atoms with Crippen LogP contribution < -0.4 is 16.2 Å². The summed E-state index contributed by atoms with van der Waals surface area (Å²) < 4.78 is 37.9. The van der Waals surface area contributed by atoms with E-state index in [0.717, 1.165) is 10.8 Å². The number of halogens is 3. The molecule has 0 radical (unpaired) electrons. The van der Waals surface area contributed by atoms with Gasteiger partial charge < -0.3 is 9.88 Å². The van der Waals surface area contributed by atoms with Crippen molar-refractivity contribution < 1.29 is 22.8 Å². The summed E-state index contributed by atoms with van der Waals surface area (Å²) >= 11 is 0. The van der Waals surface area contributed by atoms with Crippen molar-refractivity contribution in [3.8, 4) is 0 Å². The van der Waals surface area contributed by atoms with Gasteiger partial charge in [0, 0.05) is 18.8 Å². The molecule has 0 bridgehead atoms. The van der Waals surface area contributed by atoms with Crippen LogP contribution in [0.1, 0.15) is 18.9 Å². The molecule has 116 valence electrons. The molecule has 0 aliphatic rings. The molecule has 0 fully saturated rings. The number of aromatic nitrogens is 1. The molecule has 0 aliphatic heterocycles. The molecule has 0 saturated carbocycles. The van der Waals surface area contributed by atoms with Crippen molar-refractivity contribution in [3.63, 3.8) is 0 Å². The fraction of sp³-hybridized carbons (Fsp3) is 0.417. The quantitative estimate of drug-likeness (QED) is 0.874. The molecular formula is C12H14F3N3O3. The molecule has 9 heteroatoms. The predicted molar refractivity (Wildman–Crippen MR) is 67.5 cm³/mol. The first kappa shape index (κ1) is 16.7. The number of nitrogens with one attached hydrogen (secondary N) is 2. The highest BCUT2D eigenvalue weighted by Crippen LogP contribution is 2.27. The van der Waals surface area contributed by atoms with Crippen LogP contribution in [0.5, 0.6) is 0 Å². The molecule has 0 saturated heterocycles. The lowest BCUT2D eigenvalue weighted by atomic mass is 10.2. The zero-order chi connectivity index (χ0) is 16.0. The van der Waals surface area contributed by atoms with Gasteiger partial charge in [-0.3, -0.25) is 14.9 Å². The fourth-order valence-corrected chi connectivity index (χ4v) is 1.42. The van der Waals surface area contributed by atoms with Crippen LogP contribution in [0.15, 0.2) is 23.1 Å². The average Bonchev–Trinajstić information content (AvgIpc) is 2.37. The number of alkyl halides is 3. The summed E-state index contributed by atoms with van der Waals surface area (Å²) in [6, 6.07) is 0.359. The van der Waals surface area contributed by atoms with Crippen molar-refractivity contribution in [2.75, 3.05) is 6.54 Å². The molecule has 2 N–H and O–H groups in total. The van der Waals surface area contributed by atoms with Crippen molar-refractivity contribution in [1.82, 2.24) is 15.2 Å². The van der Waals surface area contributed by atoms with Crippen molar-refractivity contribution in [2.24, 2.45) is 0 Å². The Labute approximate surface area is 117 Å². The molecule has 0 atom stereocenters. The van der Waals surface area contributed by atoms with Gasteiger partial charge in [-0.05, 0) is 12.5 Å². The minimum atomic E-state index is -4.62. The van der Waals surface area contributed by atoms with Gasteiger partial charge in [0.1, 0.15) is 6.54 Å². The van der Waals surface area contributed by atoms with Gasteiger partial charge in [-0.15, -0.1) is 0 Å². The molecule has 1 rings (SSSR count). The Hall–Kier alpha value is -2.32. The second kappa shape index (κ2) is 6.91. The number of hydrogen-bond acceptors (Lipinski definition) is 3. The highest BCUT2D eigenvalue weighted by molar-refractivity contribution is 5.94. The first-order valence-corrected chi connectivity index (χ1v) is 6.09. The maximum atomic E-state index is 12.4. The van der Waals surface area contributed by atoms with E-state index in [1.807, 2.05) is 12.2 Å². The molecule has 1 aromatic rings. The minimum Gasteiger partial charge on any atom is -0.338 e. The lowest BCUT2D eigenvalue weighted by Gasteiger charge is -2.09. The van der Waals surface area contributed by atoms with Crippen LogP contribution in [0, 0.1) is 0 Å². The number of rotatable bonds is 4. The van der Waals surface area contributed by atoms with Crippen LogP contribution in [0.4, 0.5) is 18.0 Å². The van der Waals surface area contributed by atoms with Gasteiger partial charge in [0.15, 0.2) is 0 Å². The molecule has 0 spiro atoms. The van der Waals surface area contributed by atoms with Gasteiger partial charge >= 0.3 is 12.2 Å². The van der Waals surface area contributed by atoms with Crippen LogP contribution in [0.2, 0.25) is 0 Å². The summed E-state index contributed by atoms with van der Waals surface area (Å²) in [5.74, 6) is -0.800. The number of amides is 3. The average molecular weight is 305 g/mol. The van der Waals surface area contributed by atoms with Crippen LogP contribution >= 0.6 is 0 Å². The summed E-state index contributed by atoms with van der Waals surface area (Å²) in [5.41, 5.74) is -2.07. The van der Waals surface area contributed by atoms with E-state index in [-0.39, 0.29) is 0 Å². The number of imide groups is 1. The standard InChI is InChI=1S/C12H14F3N3O3/c1-2-4-16-11(21)17-9(19)7-18-5-3-8(6-10(18)20)12(13,14)15/h3,5-6H,2,4,7H2,1H3,(H2,16,17,19,21). The zero-order valence-electron chi connectivity index (χ0n) is 11.2. The Morgan fingerprint density at radius 2 is 2.00 bits per heavy atom. The minimum absolute atomic E-state index is 0.374. The van der Waals surface area contributed by atoms with Crippen LogP contribution in [0.25, 0.3) is 0 Å². The Balaban J connectivity index is 2.69. The second-order valence-corrected chi connectivity index (χ2v) is 4.18. The van der Waals surface area contributed by atoms with Crippen molar-refractivity contribution in [2.45, 2.75) is 26.1 Å². The number of hydrogen-bond donors (Lipinski definition) is 2. The number of urea groups is 1. The molecule has 3 amide bonds. The van der Waals surface area contributed by atoms with Gasteiger partial charge in [0.25, 0.3) is 5.56 Å². The SMILES string of the molecule is CCCNC(=O)NC(=O)Cn1ccc(C(F)(F)F)cc1=O. The second-order valence-electron chi connectivity index (χ2n) is 4.18. The molecule has 0 aliphatic carbocycles. The summed E-state index contributed by atoms with van der Waals surface area (Å²) in [6.45, 7) is 1.65. The van der Waals surface area contributed by atoms with E-state index < -0.39 is 35.8 Å². The predicted octanol–water partition coefficient (Wildman–Crippen LogP) is 1.10. The topological polar surface area (TPSA) is 80.2 Å². The molecule has 1 aromatic heterocycles. The van der Waals surface area contributed by atoms with Crippen molar-refractivity contribution >= 4 is 11.9 Å². The molecule has 0 unspecified atom stereocenters. The highest BCUT2D eigenvalue weighted by atomic mass is 19.4. The fourth-order valence-electron chi connectivity index (χ4n) is 1.42. The number of pyridine rings is 1.